The molecule has 2 unspecified atom stereocenters. The van der Waals surface area contributed by atoms with E-state index in [1.165, 1.54) is 47.9 Å². The minimum Gasteiger partial charge on any atom is -0.379 e. The molecule has 2 N–H and O–H groups in total. The Hall–Kier alpha value is -8.03. The molecule has 0 aliphatic carbocycles. The Morgan fingerprint density at radius 1 is 0.630 bits per heavy atom. The molecule has 0 bridgehead atoms. The van der Waals surface area contributed by atoms with Gasteiger partial charge in [0.2, 0.25) is 5.78 Å². The number of aryl methyl sites for hydroxylation is 1. The number of aromatic nitrogens is 2. The van der Waals surface area contributed by atoms with Crippen LogP contribution < -0.4 is 21.8 Å². The summed E-state index contributed by atoms with van der Waals surface area (Å²) in [6, 6.07) is 27.6. The third-order valence-electron chi connectivity index (χ3n) is 12.3. The number of benzene rings is 4. The Morgan fingerprint density at radius 2 is 1.12 bits per heavy atom. The van der Waals surface area contributed by atoms with Gasteiger partial charge in [0.05, 0.1) is 100 Å². The third-order valence-corrected chi connectivity index (χ3v) is 15.3. The average molecular weight is 1150 g/mol. The van der Waals surface area contributed by atoms with Crippen LogP contribution in [0.3, 0.4) is 0 Å². The predicted octanol–water partition coefficient (Wildman–Crippen LogP) is 7.61. The quantitative estimate of drug-likeness (QED) is 0.0199. The number of halogens is 3. The van der Waals surface area contributed by atoms with Crippen LogP contribution >= 0.6 is 0 Å². The van der Waals surface area contributed by atoms with Gasteiger partial charge in [-0.1, -0.05) is 42.5 Å². The Balaban J connectivity index is 0.847. The largest absolute Gasteiger partial charge is 0.416 e. The zero-order chi connectivity index (χ0) is 58.6. The van der Waals surface area contributed by atoms with E-state index < -0.39 is 73.4 Å². The van der Waals surface area contributed by atoms with Crippen LogP contribution in [0, 0.1) is 38.7 Å². The molecule has 2 aromatic heterocycles. The first kappa shape index (κ1) is 62.2. The van der Waals surface area contributed by atoms with Gasteiger partial charge in [-0.15, -0.1) is 0 Å². The van der Waals surface area contributed by atoms with E-state index in [0.29, 0.717) is 32.4 Å². The SMILES string of the molecule is [C-]#[N+]c1ccc(S(=O)c2cc(C(=O)CCCOCCOCCNC(=O)C(=O)CCCOCCOCCNC(=O)c3cc(S(=O)c4ccc(C#N)cc4)c(C)n(-c4cccc(C(F)(F)F)c4)c3=O)c(=O)n(-c3cccc(C)c3)c2C)cc1. The highest BCUT2D eigenvalue weighted by Gasteiger charge is 2.31. The standard InChI is InChI=1S/C58H57F3N6O12S2/c1-38-9-5-11-44(33-38)66-39(2)52(81(75)47-21-17-43(63-4)18-22-47)35-48(56(66)72)50(68)13-7-25-76-29-32-79-28-24-65-55(71)51(69)14-8-26-77-30-31-78-27-23-64-54(70)49-36-53(80(74)46-19-15-41(37-62)16-20-46)40(3)67(57(49)73)45-12-6-10-42(34-45)58(59,60)61/h5-6,9-12,15-22,33-36H,7-8,13-14,23-32H2,1-3H3,(H,64,70)(H,65,71). The Bertz CT molecular complexity index is 3520. The van der Waals surface area contributed by atoms with Gasteiger partial charge in [0.25, 0.3) is 22.9 Å². The maximum Gasteiger partial charge on any atom is 0.416 e. The van der Waals surface area contributed by atoms with E-state index >= 15 is 0 Å². The second kappa shape index (κ2) is 30.0. The van der Waals surface area contributed by atoms with Crippen molar-refractivity contribution in [2.75, 3.05) is 65.9 Å². The monoisotopic (exact) mass is 1150 g/mol. The van der Waals surface area contributed by atoms with Crippen molar-refractivity contribution in [2.24, 2.45) is 0 Å². The fraction of sp³-hybridized carbons (Fsp3) is 0.310. The van der Waals surface area contributed by atoms with Crippen molar-refractivity contribution in [3.05, 3.63) is 181 Å². The number of amides is 2. The molecule has 0 spiro atoms. The summed E-state index contributed by atoms with van der Waals surface area (Å²) in [5.74, 6) is -2.77. The molecule has 0 saturated heterocycles. The molecule has 2 heterocycles. The van der Waals surface area contributed by atoms with E-state index in [4.69, 9.17) is 25.5 Å². The van der Waals surface area contributed by atoms with Gasteiger partial charge in [-0.25, -0.2) is 13.3 Å². The number of pyridine rings is 2. The number of hydrogen-bond donors (Lipinski definition) is 2. The number of carbonyl (C=O) groups is 4. The minimum atomic E-state index is -4.74. The van der Waals surface area contributed by atoms with Gasteiger partial charge in [0.15, 0.2) is 11.5 Å². The van der Waals surface area contributed by atoms with Crippen LogP contribution in [0.15, 0.2) is 138 Å². The summed E-state index contributed by atoms with van der Waals surface area (Å²) >= 11 is 0. The van der Waals surface area contributed by atoms with Gasteiger partial charge in [0.1, 0.15) is 5.56 Å². The summed E-state index contributed by atoms with van der Waals surface area (Å²) in [5.41, 5.74) is -0.780. The van der Waals surface area contributed by atoms with Crippen LogP contribution in [-0.4, -0.2) is 107 Å². The number of ether oxygens (including phenoxy) is 4. The summed E-state index contributed by atoms with van der Waals surface area (Å²) in [4.78, 5) is 83.4. The van der Waals surface area contributed by atoms with Crippen molar-refractivity contribution in [3.63, 3.8) is 0 Å². The summed E-state index contributed by atoms with van der Waals surface area (Å²) in [6.07, 6.45) is -4.31. The van der Waals surface area contributed by atoms with Crippen LogP contribution in [-0.2, 0) is 56.3 Å². The maximum absolute atomic E-state index is 13.8. The smallest absolute Gasteiger partial charge is 0.379 e. The molecule has 0 aliphatic heterocycles. The molecule has 6 aromatic rings. The number of carbonyl (C=O) groups excluding carboxylic acids is 4. The van der Waals surface area contributed by atoms with Gasteiger partial charge in [0, 0.05) is 71.7 Å². The van der Waals surface area contributed by atoms with Crippen LogP contribution in [0.5, 0.6) is 0 Å². The normalized spacial score (nSPS) is 12.0. The van der Waals surface area contributed by atoms with Crippen LogP contribution in [0.4, 0.5) is 18.9 Å². The van der Waals surface area contributed by atoms with Gasteiger partial charge in [-0.3, -0.25) is 37.9 Å². The molecular weight excluding hydrogens is 1090 g/mol. The van der Waals surface area contributed by atoms with E-state index in [2.05, 4.69) is 15.5 Å². The zero-order valence-corrected chi connectivity index (χ0v) is 46.1. The second-order valence-corrected chi connectivity index (χ2v) is 20.9. The van der Waals surface area contributed by atoms with Crippen molar-refractivity contribution in [3.8, 4) is 17.4 Å². The second-order valence-electron chi connectivity index (χ2n) is 18.0. The third kappa shape index (κ3) is 17.0. The van der Waals surface area contributed by atoms with Crippen molar-refractivity contribution in [2.45, 2.75) is 72.2 Å². The highest BCUT2D eigenvalue weighted by Crippen LogP contribution is 2.31. The summed E-state index contributed by atoms with van der Waals surface area (Å²) in [7, 11) is -3.79. The number of alkyl halides is 3. The molecule has 18 nitrogen and oxygen atoms in total. The fourth-order valence-corrected chi connectivity index (χ4v) is 10.5. The number of rotatable bonds is 29. The van der Waals surface area contributed by atoms with Crippen LogP contribution in [0.2, 0.25) is 0 Å². The van der Waals surface area contributed by atoms with Crippen molar-refractivity contribution >= 4 is 50.7 Å². The van der Waals surface area contributed by atoms with E-state index in [1.54, 1.807) is 49.4 Å². The summed E-state index contributed by atoms with van der Waals surface area (Å²) in [5, 5.41) is 14.2. The van der Waals surface area contributed by atoms with Crippen molar-refractivity contribution in [1.82, 2.24) is 19.8 Å². The molecule has 6 rings (SSSR count). The van der Waals surface area contributed by atoms with Crippen molar-refractivity contribution < 1.29 is 59.7 Å². The van der Waals surface area contributed by atoms with E-state index in [-0.39, 0.29) is 118 Å². The number of nitriles is 1. The maximum atomic E-state index is 13.8. The Labute approximate surface area is 469 Å². The number of hydrogen-bond acceptors (Lipinski definition) is 13. The molecule has 2 atom stereocenters. The van der Waals surface area contributed by atoms with Gasteiger partial charge in [-0.2, -0.15) is 18.4 Å². The van der Waals surface area contributed by atoms with Gasteiger partial charge in [-0.05, 0) is 106 Å². The van der Waals surface area contributed by atoms with Crippen molar-refractivity contribution in [1.29, 1.82) is 5.26 Å². The van der Waals surface area contributed by atoms with E-state index in [0.717, 1.165) is 34.4 Å². The first-order valence-electron chi connectivity index (χ1n) is 25.4. The first-order chi connectivity index (χ1) is 38.8. The van der Waals surface area contributed by atoms with Gasteiger partial charge >= 0.3 is 6.18 Å². The number of nitrogens with zero attached hydrogens (tertiary/aromatic N) is 4. The molecule has 23 heteroatoms. The molecule has 0 fully saturated rings. The molecule has 0 radical (unpaired) electrons. The summed E-state index contributed by atoms with van der Waals surface area (Å²) in [6.45, 7) is 13.1. The lowest BCUT2D eigenvalue weighted by atomic mass is 10.1. The van der Waals surface area contributed by atoms with Gasteiger partial charge < -0.3 is 29.6 Å². The molecular formula is C58H57F3N6O12S2. The first-order valence-corrected chi connectivity index (χ1v) is 27.7. The van der Waals surface area contributed by atoms with E-state index in [1.807, 2.05) is 19.1 Å². The van der Waals surface area contributed by atoms with Crippen LogP contribution in [0.1, 0.15) is 74.5 Å². The molecule has 424 valence electrons. The molecule has 2 amide bonds. The highest BCUT2D eigenvalue weighted by atomic mass is 32.2. The lowest BCUT2D eigenvalue weighted by molar-refractivity contribution is -0.138. The molecule has 4 aromatic carbocycles. The summed E-state index contributed by atoms with van der Waals surface area (Å²) < 4.78 is 92.9. The topological polar surface area (TPSA) is 236 Å². The minimum absolute atomic E-state index is 0.0179. The average Bonchev–Trinajstić information content (AvgIpc) is 3.46. The van der Waals surface area contributed by atoms with E-state index in [9.17, 15) is 55.6 Å². The number of nitrogens with one attached hydrogen (secondary N) is 2. The fourth-order valence-electron chi connectivity index (χ4n) is 8.09. The lowest BCUT2D eigenvalue weighted by Gasteiger charge is -2.18. The number of ketones is 2. The predicted molar refractivity (Wildman–Crippen MR) is 293 cm³/mol. The zero-order valence-electron chi connectivity index (χ0n) is 44.4. The number of Topliss-reactive ketones (excluding diaryl/α,β-unsaturated/α-hetero) is 2. The Morgan fingerprint density at radius 3 is 1.67 bits per heavy atom. The molecule has 81 heavy (non-hydrogen) atoms. The lowest BCUT2D eigenvalue weighted by Crippen LogP contribution is -2.35. The van der Waals surface area contributed by atoms with Crippen LogP contribution in [0.25, 0.3) is 16.2 Å². The molecule has 0 saturated carbocycles. The highest BCUT2D eigenvalue weighted by molar-refractivity contribution is 7.85. The Kier molecular flexibility index (Phi) is 23.0. The molecule has 0 aliphatic rings.